The first-order valence-electron chi connectivity index (χ1n) is 5.64. The minimum atomic E-state index is -2.46. The van der Waals surface area contributed by atoms with Gasteiger partial charge in [-0.1, -0.05) is 13.8 Å². The van der Waals surface area contributed by atoms with E-state index < -0.39 is 13.0 Å². The number of alkyl halides is 2. The lowest BCUT2D eigenvalue weighted by atomic mass is 10.2. The van der Waals surface area contributed by atoms with Gasteiger partial charge >= 0.3 is 0 Å². The van der Waals surface area contributed by atoms with Gasteiger partial charge in [-0.05, 0) is 24.6 Å². The average molecular weight is 244 g/mol. The van der Waals surface area contributed by atoms with Crippen LogP contribution in [0.5, 0.6) is 5.75 Å². The molecule has 0 fully saturated rings. The van der Waals surface area contributed by atoms with Crippen LogP contribution in [0, 0.1) is 5.92 Å². The Morgan fingerprint density at radius 1 is 1.35 bits per heavy atom. The van der Waals surface area contributed by atoms with Crippen LogP contribution in [-0.4, -0.2) is 24.6 Å². The molecular formula is C12H18F2N2O. The molecule has 1 N–H and O–H groups in total. The molecule has 0 aliphatic rings. The molecule has 0 saturated heterocycles. The van der Waals surface area contributed by atoms with Gasteiger partial charge in [0, 0.05) is 6.54 Å². The van der Waals surface area contributed by atoms with Crippen LogP contribution in [0.2, 0.25) is 0 Å². The zero-order valence-electron chi connectivity index (χ0n) is 10.1. The highest BCUT2D eigenvalue weighted by Gasteiger charge is 2.03. The predicted octanol–water partition coefficient (Wildman–Crippen LogP) is 2.47. The third kappa shape index (κ3) is 6.16. The van der Waals surface area contributed by atoms with Crippen molar-refractivity contribution < 1.29 is 13.5 Å². The lowest BCUT2D eigenvalue weighted by Crippen LogP contribution is -2.19. The highest BCUT2D eigenvalue weighted by Crippen LogP contribution is 2.10. The maximum Gasteiger partial charge on any atom is 0.272 e. The summed E-state index contributed by atoms with van der Waals surface area (Å²) in [7, 11) is 0. The second-order valence-corrected chi connectivity index (χ2v) is 4.21. The van der Waals surface area contributed by atoms with Gasteiger partial charge in [0.2, 0.25) is 0 Å². The first kappa shape index (κ1) is 13.8. The Bertz CT molecular complexity index is 315. The third-order valence-electron chi connectivity index (χ3n) is 2.03. The molecule has 17 heavy (non-hydrogen) atoms. The van der Waals surface area contributed by atoms with E-state index in [9.17, 15) is 8.78 Å². The normalized spacial score (nSPS) is 11.2. The highest BCUT2D eigenvalue weighted by atomic mass is 19.3. The van der Waals surface area contributed by atoms with Gasteiger partial charge in [0.25, 0.3) is 6.43 Å². The summed E-state index contributed by atoms with van der Waals surface area (Å²) in [6.07, 6.45) is -0.989. The summed E-state index contributed by atoms with van der Waals surface area (Å²) in [6.45, 7) is 5.26. The number of hydrogen-bond donors (Lipinski definition) is 1. The fourth-order valence-corrected chi connectivity index (χ4v) is 1.25. The highest BCUT2D eigenvalue weighted by molar-refractivity contribution is 5.19. The zero-order valence-corrected chi connectivity index (χ0v) is 10.1. The van der Waals surface area contributed by atoms with Crippen molar-refractivity contribution in [3.8, 4) is 5.75 Å². The summed E-state index contributed by atoms with van der Waals surface area (Å²) in [6, 6.07) is 3.43. The van der Waals surface area contributed by atoms with E-state index >= 15 is 0 Å². The van der Waals surface area contributed by atoms with Crippen LogP contribution < -0.4 is 10.1 Å². The zero-order chi connectivity index (χ0) is 12.7. The maximum absolute atomic E-state index is 11.9. The van der Waals surface area contributed by atoms with E-state index in [4.69, 9.17) is 4.74 Å². The Labute approximate surface area is 100 Å². The van der Waals surface area contributed by atoms with E-state index in [-0.39, 0.29) is 0 Å². The SMILES string of the molecule is CC(C)CNCc1ccc(OCC(F)F)cn1. The standard InChI is InChI=1S/C12H18F2N2O/c1-9(2)5-15-6-10-3-4-11(7-16-10)17-8-12(13)14/h3-4,7,9,12,15H,5-6,8H2,1-2H3. The minimum absolute atomic E-state index is 0.373. The molecule has 0 unspecified atom stereocenters. The van der Waals surface area contributed by atoms with Crippen molar-refractivity contribution >= 4 is 0 Å². The van der Waals surface area contributed by atoms with Crippen LogP contribution in [-0.2, 0) is 6.54 Å². The Morgan fingerprint density at radius 3 is 2.65 bits per heavy atom. The summed E-state index contributed by atoms with van der Waals surface area (Å²) in [4.78, 5) is 4.12. The van der Waals surface area contributed by atoms with Crippen LogP contribution in [0.25, 0.3) is 0 Å². The maximum atomic E-state index is 11.9. The Kier molecular flexibility index (Phi) is 5.83. The van der Waals surface area contributed by atoms with Crippen LogP contribution in [0.15, 0.2) is 18.3 Å². The van der Waals surface area contributed by atoms with E-state index in [1.165, 1.54) is 6.20 Å². The van der Waals surface area contributed by atoms with E-state index in [0.29, 0.717) is 18.2 Å². The van der Waals surface area contributed by atoms with Gasteiger partial charge in [0.1, 0.15) is 12.4 Å². The molecule has 0 aliphatic carbocycles. The molecule has 0 atom stereocenters. The molecule has 0 aromatic carbocycles. The topological polar surface area (TPSA) is 34.1 Å². The van der Waals surface area contributed by atoms with E-state index in [1.54, 1.807) is 12.1 Å². The fourth-order valence-electron chi connectivity index (χ4n) is 1.25. The summed E-state index contributed by atoms with van der Waals surface area (Å²) >= 11 is 0. The molecule has 0 spiro atoms. The smallest absolute Gasteiger partial charge is 0.272 e. The predicted molar refractivity (Wildman–Crippen MR) is 62.3 cm³/mol. The molecule has 1 heterocycles. The van der Waals surface area contributed by atoms with Gasteiger partial charge < -0.3 is 10.1 Å². The fraction of sp³-hybridized carbons (Fsp3) is 0.583. The van der Waals surface area contributed by atoms with Crippen molar-refractivity contribution in [2.75, 3.05) is 13.2 Å². The Hall–Kier alpha value is -1.23. The van der Waals surface area contributed by atoms with Crippen molar-refractivity contribution in [3.63, 3.8) is 0 Å². The van der Waals surface area contributed by atoms with Crippen LogP contribution in [0.3, 0.4) is 0 Å². The summed E-state index contributed by atoms with van der Waals surface area (Å²) in [5.41, 5.74) is 0.870. The van der Waals surface area contributed by atoms with Gasteiger partial charge in [0.15, 0.2) is 0 Å². The molecule has 0 aliphatic heterocycles. The van der Waals surface area contributed by atoms with Gasteiger partial charge in [0.05, 0.1) is 11.9 Å². The molecular weight excluding hydrogens is 226 g/mol. The summed E-state index contributed by atoms with van der Waals surface area (Å²) < 4.78 is 28.6. The van der Waals surface area contributed by atoms with Gasteiger partial charge in [-0.3, -0.25) is 4.98 Å². The first-order valence-corrected chi connectivity index (χ1v) is 5.64. The second kappa shape index (κ2) is 7.17. The number of pyridine rings is 1. The number of ether oxygens (including phenoxy) is 1. The van der Waals surface area contributed by atoms with E-state index in [1.807, 2.05) is 0 Å². The lowest BCUT2D eigenvalue weighted by molar-refractivity contribution is 0.0817. The van der Waals surface area contributed by atoms with E-state index in [0.717, 1.165) is 12.2 Å². The van der Waals surface area contributed by atoms with Gasteiger partial charge in [-0.2, -0.15) is 0 Å². The molecule has 0 saturated carbocycles. The Balaban J connectivity index is 2.34. The average Bonchev–Trinajstić information content (AvgIpc) is 2.27. The molecule has 96 valence electrons. The van der Waals surface area contributed by atoms with Crippen molar-refractivity contribution in [2.24, 2.45) is 5.92 Å². The molecule has 1 aromatic heterocycles. The number of nitrogens with one attached hydrogen (secondary N) is 1. The van der Waals surface area contributed by atoms with Crippen LogP contribution in [0.4, 0.5) is 8.78 Å². The number of halogens is 2. The number of aromatic nitrogens is 1. The van der Waals surface area contributed by atoms with Gasteiger partial charge in [-0.25, -0.2) is 8.78 Å². The minimum Gasteiger partial charge on any atom is -0.486 e. The Morgan fingerprint density at radius 2 is 2.12 bits per heavy atom. The van der Waals surface area contributed by atoms with Crippen LogP contribution >= 0.6 is 0 Å². The third-order valence-corrected chi connectivity index (χ3v) is 2.03. The lowest BCUT2D eigenvalue weighted by Gasteiger charge is -2.08. The van der Waals surface area contributed by atoms with Gasteiger partial charge in [-0.15, -0.1) is 0 Å². The largest absolute Gasteiger partial charge is 0.486 e. The number of rotatable bonds is 7. The molecule has 1 aromatic rings. The molecule has 0 amide bonds. The quantitative estimate of drug-likeness (QED) is 0.800. The van der Waals surface area contributed by atoms with Crippen molar-refractivity contribution in [2.45, 2.75) is 26.8 Å². The second-order valence-electron chi connectivity index (χ2n) is 4.21. The number of nitrogens with zero attached hydrogens (tertiary/aromatic N) is 1. The van der Waals surface area contributed by atoms with Crippen molar-refractivity contribution in [3.05, 3.63) is 24.0 Å². The first-order chi connectivity index (χ1) is 8.08. The van der Waals surface area contributed by atoms with Crippen molar-refractivity contribution in [1.82, 2.24) is 10.3 Å². The monoisotopic (exact) mass is 244 g/mol. The molecule has 1 rings (SSSR count). The molecule has 3 nitrogen and oxygen atoms in total. The van der Waals surface area contributed by atoms with Crippen molar-refractivity contribution in [1.29, 1.82) is 0 Å². The summed E-state index contributed by atoms with van der Waals surface area (Å²) in [5.74, 6) is 0.960. The molecule has 0 radical (unpaired) electrons. The van der Waals surface area contributed by atoms with E-state index in [2.05, 4.69) is 24.1 Å². The molecule has 5 heteroatoms. The summed E-state index contributed by atoms with van der Waals surface area (Å²) in [5, 5.41) is 3.25. The van der Waals surface area contributed by atoms with Crippen LogP contribution in [0.1, 0.15) is 19.5 Å². The number of hydrogen-bond acceptors (Lipinski definition) is 3. The molecule has 0 bridgehead atoms.